The Bertz CT molecular complexity index is 529. The minimum Gasteiger partial charge on any atom is -0.465 e. The number of alkyl halides is 3. The molecule has 3 nitrogen and oxygen atoms in total. The van der Waals surface area contributed by atoms with E-state index in [0.717, 1.165) is 6.07 Å². The fourth-order valence-electron chi connectivity index (χ4n) is 3.00. The van der Waals surface area contributed by atoms with Crippen molar-refractivity contribution in [3.63, 3.8) is 0 Å². The van der Waals surface area contributed by atoms with Gasteiger partial charge in [-0.3, -0.25) is 9.69 Å². The number of benzene rings is 1. The molecule has 2 heterocycles. The fraction of sp³-hybridized carbons (Fsp3) is 0.500. The van der Waals surface area contributed by atoms with Gasteiger partial charge in [-0.05, 0) is 11.6 Å². The third-order valence-corrected chi connectivity index (χ3v) is 3.98. The molecule has 0 saturated carbocycles. The minimum atomic E-state index is -4.34. The Morgan fingerprint density at radius 1 is 1.25 bits per heavy atom. The van der Waals surface area contributed by atoms with Crippen LogP contribution in [0.3, 0.4) is 0 Å². The largest absolute Gasteiger partial charge is 0.465 e. The molecule has 1 aromatic carbocycles. The van der Waals surface area contributed by atoms with Crippen LogP contribution in [-0.4, -0.2) is 30.6 Å². The average molecular weight is 285 g/mol. The van der Waals surface area contributed by atoms with Crippen molar-refractivity contribution in [2.75, 3.05) is 19.7 Å². The highest BCUT2D eigenvalue weighted by atomic mass is 19.4. The molecule has 0 bridgehead atoms. The third kappa shape index (κ3) is 2.40. The Morgan fingerprint density at radius 3 is 2.70 bits per heavy atom. The van der Waals surface area contributed by atoms with Crippen LogP contribution in [0.5, 0.6) is 0 Å². The van der Waals surface area contributed by atoms with Crippen molar-refractivity contribution >= 4 is 5.97 Å². The second-order valence-electron chi connectivity index (χ2n) is 5.35. The second kappa shape index (κ2) is 4.77. The summed E-state index contributed by atoms with van der Waals surface area (Å²) in [6.07, 6.45) is -4.34. The molecule has 0 amide bonds. The normalized spacial score (nSPS) is 26.6. The first-order valence-electron chi connectivity index (χ1n) is 6.49. The van der Waals surface area contributed by atoms with Crippen molar-refractivity contribution in [1.82, 2.24) is 4.90 Å². The Kier molecular flexibility index (Phi) is 3.20. The molecule has 2 fully saturated rings. The molecule has 1 aromatic rings. The van der Waals surface area contributed by atoms with Gasteiger partial charge in [0.05, 0.1) is 18.1 Å². The summed E-state index contributed by atoms with van der Waals surface area (Å²) in [5.41, 5.74) is -0.340. The van der Waals surface area contributed by atoms with E-state index in [1.165, 1.54) is 12.1 Å². The average Bonchev–Trinajstić information content (AvgIpc) is 2.91. The predicted octanol–water partition coefficient (Wildman–Crippen LogP) is 2.31. The Balaban J connectivity index is 1.75. The number of rotatable bonds is 2. The zero-order chi connectivity index (χ0) is 14.3. The van der Waals surface area contributed by atoms with Crippen LogP contribution >= 0.6 is 0 Å². The number of carbonyl (C=O) groups excluding carboxylic acids is 1. The topological polar surface area (TPSA) is 29.5 Å². The number of halogens is 3. The van der Waals surface area contributed by atoms with Crippen molar-refractivity contribution in [3.05, 3.63) is 35.4 Å². The molecule has 2 aliphatic heterocycles. The van der Waals surface area contributed by atoms with Gasteiger partial charge in [-0.1, -0.05) is 18.2 Å². The first-order valence-corrected chi connectivity index (χ1v) is 6.49. The van der Waals surface area contributed by atoms with Crippen LogP contribution in [0.4, 0.5) is 13.2 Å². The van der Waals surface area contributed by atoms with Gasteiger partial charge in [-0.15, -0.1) is 0 Å². The monoisotopic (exact) mass is 285 g/mol. The van der Waals surface area contributed by atoms with Crippen molar-refractivity contribution in [2.45, 2.75) is 12.7 Å². The van der Waals surface area contributed by atoms with Gasteiger partial charge in [0.25, 0.3) is 0 Å². The molecule has 2 saturated heterocycles. The number of likely N-dealkylation sites (tertiary alicyclic amines) is 1. The molecule has 20 heavy (non-hydrogen) atoms. The molecular formula is C14H14F3NO2. The van der Waals surface area contributed by atoms with E-state index in [9.17, 15) is 18.0 Å². The van der Waals surface area contributed by atoms with E-state index < -0.39 is 11.7 Å². The lowest BCUT2D eigenvalue weighted by Gasteiger charge is -2.19. The van der Waals surface area contributed by atoms with Gasteiger partial charge in [-0.25, -0.2) is 0 Å². The van der Waals surface area contributed by atoms with E-state index in [-0.39, 0.29) is 29.9 Å². The van der Waals surface area contributed by atoms with Crippen LogP contribution in [0.1, 0.15) is 11.1 Å². The lowest BCUT2D eigenvalue weighted by molar-refractivity contribution is -0.142. The summed E-state index contributed by atoms with van der Waals surface area (Å²) in [5, 5.41) is 0. The first kappa shape index (κ1) is 13.4. The number of hydrogen-bond acceptors (Lipinski definition) is 3. The molecule has 0 spiro atoms. The summed E-state index contributed by atoms with van der Waals surface area (Å²) in [4.78, 5) is 13.4. The van der Waals surface area contributed by atoms with Gasteiger partial charge in [0.15, 0.2) is 0 Å². The maximum atomic E-state index is 12.9. The Hall–Kier alpha value is -1.56. The van der Waals surface area contributed by atoms with Crippen molar-refractivity contribution in [1.29, 1.82) is 0 Å². The van der Waals surface area contributed by atoms with Crippen LogP contribution in [-0.2, 0) is 22.3 Å². The summed E-state index contributed by atoms with van der Waals surface area (Å²) in [7, 11) is 0. The molecule has 108 valence electrons. The van der Waals surface area contributed by atoms with Crippen molar-refractivity contribution in [3.8, 4) is 0 Å². The molecular weight excluding hydrogens is 271 g/mol. The van der Waals surface area contributed by atoms with Crippen LogP contribution in [0.2, 0.25) is 0 Å². The zero-order valence-corrected chi connectivity index (χ0v) is 10.7. The number of fused-ring (bicyclic) bond motifs is 1. The molecule has 3 rings (SSSR count). The lowest BCUT2D eigenvalue weighted by atomic mass is 10.0. The predicted molar refractivity (Wildman–Crippen MR) is 64.7 cm³/mol. The van der Waals surface area contributed by atoms with Crippen LogP contribution < -0.4 is 0 Å². The molecule has 6 heteroatoms. The molecule has 0 radical (unpaired) electrons. The van der Waals surface area contributed by atoms with E-state index in [1.54, 1.807) is 6.07 Å². The van der Waals surface area contributed by atoms with Crippen LogP contribution in [0, 0.1) is 11.8 Å². The first-order chi connectivity index (χ1) is 9.45. The molecule has 2 aliphatic rings. The quantitative estimate of drug-likeness (QED) is 0.781. The molecule has 2 atom stereocenters. The second-order valence-corrected chi connectivity index (χ2v) is 5.35. The summed E-state index contributed by atoms with van der Waals surface area (Å²) in [5.74, 6) is -0.268. The maximum Gasteiger partial charge on any atom is 0.416 e. The lowest BCUT2D eigenvalue weighted by Crippen LogP contribution is -2.25. The molecule has 0 unspecified atom stereocenters. The van der Waals surface area contributed by atoms with Crippen molar-refractivity contribution in [2.24, 2.45) is 11.8 Å². The Morgan fingerprint density at radius 2 is 2.00 bits per heavy atom. The summed E-state index contributed by atoms with van der Waals surface area (Å²) >= 11 is 0. The van der Waals surface area contributed by atoms with Gasteiger partial charge in [-0.2, -0.15) is 13.2 Å². The number of esters is 1. The molecule has 0 N–H and O–H groups in total. The minimum absolute atomic E-state index is 0.126. The van der Waals surface area contributed by atoms with Crippen LogP contribution in [0.25, 0.3) is 0 Å². The number of cyclic esters (lactones) is 1. The number of hydrogen-bond donors (Lipinski definition) is 0. The smallest absolute Gasteiger partial charge is 0.416 e. The van der Waals surface area contributed by atoms with E-state index in [0.29, 0.717) is 19.7 Å². The van der Waals surface area contributed by atoms with Crippen LogP contribution in [0.15, 0.2) is 24.3 Å². The number of nitrogens with zero attached hydrogens (tertiary/aromatic N) is 1. The highest BCUT2D eigenvalue weighted by Gasteiger charge is 2.44. The SMILES string of the molecule is O=C1OC[C@H]2CN(Cc3ccccc3C(F)(F)F)C[C@@H]12. The van der Waals surface area contributed by atoms with Gasteiger partial charge in [0.2, 0.25) is 0 Å². The zero-order valence-electron chi connectivity index (χ0n) is 10.7. The van der Waals surface area contributed by atoms with E-state index >= 15 is 0 Å². The van der Waals surface area contributed by atoms with E-state index in [4.69, 9.17) is 4.74 Å². The molecule has 0 aromatic heterocycles. The van der Waals surface area contributed by atoms with E-state index in [2.05, 4.69) is 0 Å². The third-order valence-electron chi connectivity index (χ3n) is 3.98. The van der Waals surface area contributed by atoms with Gasteiger partial charge < -0.3 is 4.74 Å². The van der Waals surface area contributed by atoms with Crippen molar-refractivity contribution < 1.29 is 22.7 Å². The fourth-order valence-corrected chi connectivity index (χ4v) is 3.00. The maximum absolute atomic E-state index is 12.9. The summed E-state index contributed by atoms with van der Waals surface area (Å²) in [6.45, 7) is 1.70. The van der Waals surface area contributed by atoms with Gasteiger partial charge in [0.1, 0.15) is 0 Å². The standard InChI is InChI=1S/C14H14F3NO2/c15-14(16,17)12-4-2-1-3-9(12)5-18-6-10-8-20-13(19)11(10)7-18/h1-4,10-11H,5-8H2/t10-,11-/m1/s1. The summed E-state index contributed by atoms with van der Waals surface area (Å²) < 4.78 is 43.7. The number of ether oxygens (including phenoxy) is 1. The van der Waals surface area contributed by atoms with Gasteiger partial charge >= 0.3 is 12.1 Å². The molecule has 0 aliphatic carbocycles. The Labute approximate surface area is 114 Å². The van der Waals surface area contributed by atoms with Gasteiger partial charge in [0, 0.05) is 25.6 Å². The summed E-state index contributed by atoms with van der Waals surface area (Å²) in [6, 6.07) is 5.59. The highest BCUT2D eigenvalue weighted by molar-refractivity contribution is 5.75. The van der Waals surface area contributed by atoms with E-state index in [1.807, 2.05) is 4.90 Å². The number of carbonyl (C=O) groups is 1. The highest BCUT2D eigenvalue weighted by Crippen LogP contribution is 2.35.